The van der Waals surface area contributed by atoms with Crippen LogP contribution >= 0.6 is 0 Å². The summed E-state index contributed by atoms with van der Waals surface area (Å²) in [7, 11) is 1.90. The molecule has 1 aliphatic rings. The minimum Gasteiger partial charge on any atom is -0.395 e. The maximum absolute atomic E-state index is 13.0. The quantitative estimate of drug-likeness (QED) is 0.759. The molecule has 0 saturated heterocycles. The van der Waals surface area contributed by atoms with Crippen molar-refractivity contribution in [2.45, 2.75) is 31.8 Å². The third kappa shape index (κ3) is 3.98. The summed E-state index contributed by atoms with van der Waals surface area (Å²) < 4.78 is 13.0. The van der Waals surface area contributed by atoms with Gasteiger partial charge in [0.15, 0.2) is 0 Å². The number of aliphatic hydroxyl groups is 1. The molecule has 1 fully saturated rings. The fourth-order valence-electron chi connectivity index (χ4n) is 2.76. The van der Waals surface area contributed by atoms with Crippen molar-refractivity contribution in [1.29, 1.82) is 0 Å². The van der Waals surface area contributed by atoms with Crippen LogP contribution < -0.4 is 5.32 Å². The Hall–Kier alpha value is -1.04. The van der Waals surface area contributed by atoms with Gasteiger partial charge >= 0.3 is 0 Å². The van der Waals surface area contributed by atoms with Crippen LogP contribution in [-0.4, -0.2) is 47.8 Å². The van der Waals surface area contributed by atoms with E-state index in [1.54, 1.807) is 6.07 Å². The molecule has 0 amide bonds. The predicted octanol–water partition coefficient (Wildman–Crippen LogP) is 1.57. The summed E-state index contributed by atoms with van der Waals surface area (Å²) in [6.45, 7) is 4.00. The summed E-state index contributed by atoms with van der Waals surface area (Å²) >= 11 is 0. The minimum absolute atomic E-state index is 0.0931. The molecular weight excluding hydrogens is 257 g/mol. The fourth-order valence-corrected chi connectivity index (χ4v) is 2.76. The van der Waals surface area contributed by atoms with E-state index in [2.05, 4.69) is 22.1 Å². The highest BCUT2D eigenvalue weighted by molar-refractivity contribution is 5.11. The van der Waals surface area contributed by atoms with Crippen LogP contribution in [0.3, 0.4) is 0 Å². The molecule has 5 heteroatoms. The van der Waals surface area contributed by atoms with E-state index in [0.29, 0.717) is 12.0 Å². The molecule has 0 radical (unpaired) electrons. The van der Waals surface area contributed by atoms with Crippen LogP contribution in [0.4, 0.5) is 4.39 Å². The Balaban J connectivity index is 2.00. The second-order valence-corrected chi connectivity index (χ2v) is 5.59. The molecule has 1 heterocycles. The number of pyridine rings is 1. The lowest BCUT2D eigenvalue weighted by Gasteiger charge is -2.29. The number of nitrogens with zero attached hydrogens (tertiary/aromatic N) is 2. The molecule has 2 atom stereocenters. The zero-order chi connectivity index (χ0) is 14.5. The second-order valence-electron chi connectivity index (χ2n) is 5.59. The Bertz CT molecular complexity index is 408. The van der Waals surface area contributed by atoms with Gasteiger partial charge in [0, 0.05) is 19.1 Å². The van der Waals surface area contributed by atoms with E-state index >= 15 is 0 Å². The maximum Gasteiger partial charge on any atom is 0.141 e. The third-order valence-corrected chi connectivity index (χ3v) is 3.92. The van der Waals surface area contributed by atoms with E-state index in [1.165, 1.54) is 25.1 Å². The van der Waals surface area contributed by atoms with Crippen LogP contribution in [0, 0.1) is 11.7 Å². The van der Waals surface area contributed by atoms with Gasteiger partial charge in [-0.3, -0.25) is 9.88 Å². The number of hydrogen-bond donors (Lipinski definition) is 2. The Kier molecular flexibility index (Phi) is 5.46. The average Bonchev–Trinajstić information content (AvgIpc) is 3.26. The van der Waals surface area contributed by atoms with E-state index in [4.69, 9.17) is 5.11 Å². The van der Waals surface area contributed by atoms with Gasteiger partial charge in [0.1, 0.15) is 5.82 Å². The molecule has 4 nitrogen and oxygen atoms in total. The van der Waals surface area contributed by atoms with Gasteiger partial charge in [0.05, 0.1) is 24.5 Å². The summed E-state index contributed by atoms with van der Waals surface area (Å²) in [5.41, 5.74) is 0.862. The number of hydrogen-bond acceptors (Lipinski definition) is 4. The van der Waals surface area contributed by atoms with Crippen molar-refractivity contribution < 1.29 is 9.50 Å². The van der Waals surface area contributed by atoms with Crippen molar-refractivity contribution in [2.75, 3.05) is 26.7 Å². The van der Waals surface area contributed by atoms with Gasteiger partial charge in [-0.1, -0.05) is 6.92 Å². The van der Waals surface area contributed by atoms with Crippen molar-refractivity contribution in [3.8, 4) is 0 Å². The van der Waals surface area contributed by atoms with Crippen molar-refractivity contribution in [3.63, 3.8) is 0 Å². The van der Waals surface area contributed by atoms with Gasteiger partial charge in [-0.25, -0.2) is 4.39 Å². The van der Waals surface area contributed by atoms with E-state index in [-0.39, 0.29) is 18.5 Å². The van der Waals surface area contributed by atoms with Crippen molar-refractivity contribution in [3.05, 3.63) is 29.8 Å². The zero-order valence-electron chi connectivity index (χ0n) is 12.2. The van der Waals surface area contributed by atoms with Crippen molar-refractivity contribution >= 4 is 0 Å². The molecule has 1 aromatic heterocycles. The van der Waals surface area contributed by atoms with Crippen LogP contribution in [0.15, 0.2) is 18.3 Å². The van der Waals surface area contributed by atoms with Gasteiger partial charge < -0.3 is 10.4 Å². The number of halogens is 1. The second kappa shape index (κ2) is 7.11. The highest BCUT2D eigenvalue weighted by Crippen LogP contribution is 2.29. The van der Waals surface area contributed by atoms with Gasteiger partial charge in [-0.15, -0.1) is 0 Å². The maximum atomic E-state index is 13.0. The first-order valence-corrected chi connectivity index (χ1v) is 7.29. The van der Waals surface area contributed by atoms with E-state index in [1.807, 2.05) is 7.05 Å². The number of aromatic nitrogens is 1. The van der Waals surface area contributed by atoms with E-state index in [9.17, 15) is 4.39 Å². The summed E-state index contributed by atoms with van der Waals surface area (Å²) in [5, 5.41) is 12.4. The molecule has 1 aliphatic carbocycles. The zero-order valence-corrected chi connectivity index (χ0v) is 12.2. The standard InChI is InChI=1S/C15H24FN3O/c1-11(10-19(7-8-20)13-4-5-13)15(17-2)14-6-3-12(16)9-18-14/h3,6,9,11,13,15,17,20H,4-5,7-8,10H2,1-2H3. The van der Waals surface area contributed by atoms with Gasteiger partial charge in [0.2, 0.25) is 0 Å². The largest absolute Gasteiger partial charge is 0.395 e. The molecule has 0 bridgehead atoms. The molecule has 20 heavy (non-hydrogen) atoms. The Morgan fingerprint density at radius 2 is 2.25 bits per heavy atom. The topological polar surface area (TPSA) is 48.4 Å². The first-order valence-electron chi connectivity index (χ1n) is 7.29. The number of aliphatic hydroxyl groups excluding tert-OH is 1. The molecule has 2 N–H and O–H groups in total. The third-order valence-electron chi connectivity index (χ3n) is 3.92. The molecule has 2 unspecified atom stereocenters. The Morgan fingerprint density at radius 3 is 2.75 bits per heavy atom. The van der Waals surface area contributed by atoms with Crippen molar-refractivity contribution in [2.24, 2.45) is 5.92 Å². The highest BCUT2D eigenvalue weighted by atomic mass is 19.1. The lowest BCUT2D eigenvalue weighted by molar-refractivity contribution is 0.160. The Labute approximate surface area is 120 Å². The molecule has 1 saturated carbocycles. The van der Waals surface area contributed by atoms with Crippen LogP contribution in [0.1, 0.15) is 31.5 Å². The SMILES string of the molecule is CNC(c1ccc(F)cn1)C(C)CN(CCO)C1CC1. The van der Waals surface area contributed by atoms with Crippen LogP contribution in [0.5, 0.6) is 0 Å². The molecule has 0 aromatic carbocycles. The summed E-state index contributed by atoms with van der Waals surface area (Å²) in [6, 6.07) is 3.91. The average molecular weight is 281 g/mol. The van der Waals surface area contributed by atoms with Gasteiger partial charge in [0.25, 0.3) is 0 Å². The summed E-state index contributed by atoms with van der Waals surface area (Å²) in [6.07, 6.45) is 3.72. The minimum atomic E-state index is -0.309. The van der Waals surface area contributed by atoms with Crippen molar-refractivity contribution in [1.82, 2.24) is 15.2 Å². The molecule has 1 aromatic rings. The first kappa shape index (κ1) is 15.4. The predicted molar refractivity (Wildman–Crippen MR) is 76.8 cm³/mol. The molecule has 0 aliphatic heterocycles. The molecule has 2 rings (SSSR count). The van der Waals surface area contributed by atoms with Gasteiger partial charge in [-0.05, 0) is 37.9 Å². The smallest absolute Gasteiger partial charge is 0.141 e. The fraction of sp³-hybridized carbons (Fsp3) is 0.667. The lowest BCUT2D eigenvalue weighted by Crippen LogP contribution is -2.37. The summed E-state index contributed by atoms with van der Waals surface area (Å²) in [5.74, 6) is 0.0289. The monoisotopic (exact) mass is 281 g/mol. The molecule has 112 valence electrons. The molecular formula is C15H24FN3O. The highest BCUT2D eigenvalue weighted by Gasteiger charge is 2.31. The number of nitrogens with one attached hydrogen (secondary N) is 1. The normalized spacial score (nSPS) is 18.2. The first-order chi connectivity index (χ1) is 9.65. The number of rotatable bonds is 8. The van der Waals surface area contributed by atoms with Crippen LogP contribution in [-0.2, 0) is 0 Å². The Morgan fingerprint density at radius 1 is 1.50 bits per heavy atom. The van der Waals surface area contributed by atoms with E-state index in [0.717, 1.165) is 18.8 Å². The van der Waals surface area contributed by atoms with Gasteiger partial charge in [-0.2, -0.15) is 0 Å². The molecule has 0 spiro atoms. The van der Waals surface area contributed by atoms with Crippen LogP contribution in [0.2, 0.25) is 0 Å². The summed E-state index contributed by atoms with van der Waals surface area (Å²) in [4.78, 5) is 6.52. The van der Waals surface area contributed by atoms with E-state index < -0.39 is 0 Å². The lowest BCUT2D eigenvalue weighted by atomic mass is 9.97. The van der Waals surface area contributed by atoms with Crippen LogP contribution in [0.25, 0.3) is 0 Å².